The minimum atomic E-state index is 0.484. The number of nitrogens with one attached hydrogen (secondary N) is 1. The predicted molar refractivity (Wildman–Crippen MR) is 85.8 cm³/mol. The minimum absolute atomic E-state index is 0.484. The lowest BCUT2D eigenvalue weighted by Crippen LogP contribution is -2.45. The van der Waals surface area contributed by atoms with Gasteiger partial charge in [0, 0.05) is 35.8 Å². The van der Waals surface area contributed by atoms with E-state index in [0.717, 1.165) is 32.6 Å². The third-order valence-electron chi connectivity index (χ3n) is 3.40. The number of halogens is 1. The molecule has 1 heterocycles. The Balaban J connectivity index is 2.24. The molecule has 1 aliphatic heterocycles. The molecule has 98 valence electrons. The largest absolute Gasteiger partial charge is 0.314 e. The van der Waals surface area contributed by atoms with Crippen molar-refractivity contribution in [1.82, 2.24) is 10.2 Å². The molecule has 1 atom stereocenters. The lowest BCUT2D eigenvalue weighted by Gasteiger charge is -2.36. The van der Waals surface area contributed by atoms with E-state index in [1.165, 1.54) is 14.7 Å². The average Bonchev–Trinajstić information content (AvgIpc) is 2.38. The number of rotatable bonds is 4. The van der Waals surface area contributed by atoms with E-state index in [-0.39, 0.29) is 0 Å². The van der Waals surface area contributed by atoms with E-state index in [1.54, 1.807) is 0 Å². The molecule has 0 saturated carbocycles. The lowest BCUT2D eigenvalue weighted by molar-refractivity contribution is 0.172. The number of hydrogen-bond donors (Lipinski definition) is 1. The van der Waals surface area contributed by atoms with Gasteiger partial charge in [-0.15, -0.1) is 6.58 Å². The van der Waals surface area contributed by atoms with Crippen LogP contribution in [0.1, 0.15) is 24.9 Å². The molecule has 0 spiro atoms. The molecule has 1 aromatic rings. The summed E-state index contributed by atoms with van der Waals surface area (Å²) in [6.07, 6.45) is 1.06. The Morgan fingerprint density at radius 2 is 2.06 bits per heavy atom. The Hall–Kier alpha value is -0.390. The summed E-state index contributed by atoms with van der Waals surface area (Å²) in [4.78, 5) is 2.59. The van der Waals surface area contributed by atoms with Crippen LogP contribution in [0.25, 0.3) is 0 Å². The Morgan fingerprint density at radius 1 is 1.39 bits per heavy atom. The highest BCUT2D eigenvalue weighted by Gasteiger charge is 2.23. The molecule has 0 radical (unpaired) electrons. The molecular formula is C15H21IN2. The molecule has 18 heavy (non-hydrogen) atoms. The van der Waals surface area contributed by atoms with Gasteiger partial charge in [0.1, 0.15) is 0 Å². The third-order valence-corrected chi connectivity index (χ3v) is 4.38. The summed E-state index contributed by atoms with van der Waals surface area (Å²) in [7, 11) is 0. The van der Waals surface area contributed by atoms with Gasteiger partial charge >= 0.3 is 0 Å². The van der Waals surface area contributed by atoms with Crippen LogP contribution in [-0.4, -0.2) is 31.1 Å². The first-order chi connectivity index (χ1) is 8.68. The summed E-state index contributed by atoms with van der Waals surface area (Å²) in [6.45, 7) is 10.7. The van der Waals surface area contributed by atoms with Gasteiger partial charge in [0.05, 0.1) is 0 Å². The van der Waals surface area contributed by atoms with Gasteiger partial charge in [0.2, 0.25) is 0 Å². The molecule has 2 rings (SSSR count). The van der Waals surface area contributed by atoms with Crippen molar-refractivity contribution in [3.05, 3.63) is 45.6 Å². The first-order valence-electron chi connectivity index (χ1n) is 6.52. The Kier molecular flexibility index (Phi) is 5.21. The van der Waals surface area contributed by atoms with Crippen molar-refractivity contribution in [1.29, 1.82) is 0 Å². The van der Waals surface area contributed by atoms with E-state index in [2.05, 4.69) is 70.6 Å². The van der Waals surface area contributed by atoms with Crippen molar-refractivity contribution in [2.75, 3.05) is 26.2 Å². The molecule has 3 heteroatoms. The number of benzene rings is 1. The molecule has 1 fully saturated rings. The van der Waals surface area contributed by atoms with Gasteiger partial charge in [-0.05, 0) is 47.6 Å². The van der Waals surface area contributed by atoms with Gasteiger partial charge in [0.15, 0.2) is 0 Å². The molecule has 1 saturated heterocycles. The van der Waals surface area contributed by atoms with E-state index in [9.17, 15) is 0 Å². The second-order valence-electron chi connectivity index (χ2n) is 4.98. The quantitative estimate of drug-likeness (QED) is 0.659. The fourth-order valence-corrected chi connectivity index (χ4v) is 3.25. The normalized spacial score (nSPS) is 18.6. The van der Waals surface area contributed by atoms with Crippen LogP contribution in [0.3, 0.4) is 0 Å². The molecule has 0 aromatic heterocycles. The Morgan fingerprint density at radius 3 is 2.67 bits per heavy atom. The average molecular weight is 356 g/mol. The van der Waals surface area contributed by atoms with Crippen LogP contribution >= 0.6 is 22.6 Å². The summed E-state index contributed by atoms with van der Waals surface area (Å²) in [5.74, 6) is 0. The van der Waals surface area contributed by atoms with Crippen molar-refractivity contribution in [3.8, 4) is 0 Å². The van der Waals surface area contributed by atoms with Crippen LogP contribution in [0.5, 0.6) is 0 Å². The van der Waals surface area contributed by atoms with Crippen molar-refractivity contribution >= 4 is 22.6 Å². The zero-order chi connectivity index (χ0) is 13.0. The maximum absolute atomic E-state index is 4.10. The lowest BCUT2D eigenvalue weighted by atomic mass is 9.98. The summed E-state index contributed by atoms with van der Waals surface area (Å²) < 4.78 is 1.36. The molecule has 0 amide bonds. The number of hydrogen-bond acceptors (Lipinski definition) is 2. The summed E-state index contributed by atoms with van der Waals surface area (Å²) >= 11 is 2.45. The maximum atomic E-state index is 4.10. The molecule has 0 unspecified atom stereocenters. The van der Waals surface area contributed by atoms with Crippen molar-refractivity contribution in [2.45, 2.75) is 19.4 Å². The zero-order valence-corrected chi connectivity index (χ0v) is 13.1. The molecule has 1 aliphatic rings. The van der Waals surface area contributed by atoms with Gasteiger partial charge in [0.25, 0.3) is 0 Å². The highest BCUT2D eigenvalue weighted by molar-refractivity contribution is 14.1. The Bertz CT molecular complexity index is 411. The van der Waals surface area contributed by atoms with Gasteiger partial charge in [-0.3, -0.25) is 4.90 Å². The molecule has 0 aliphatic carbocycles. The highest BCUT2D eigenvalue weighted by Crippen LogP contribution is 2.30. The number of nitrogens with zero attached hydrogens (tertiary/aromatic N) is 1. The van der Waals surface area contributed by atoms with E-state index < -0.39 is 0 Å². The number of piperazine rings is 1. The summed E-state index contributed by atoms with van der Waals surface area (Å²) in [5, 5.41) is 3.42. The van der Waals surface area contributed by atoms with E-state index in [1.807, 2.05) is 0 Å². The zero-order valence-electron chi connectivity index (χ0n) is 11.0. The first kappa shape index (κ1) is 14.0. The van der Waals surface area contributed by atoms with Crippen molar-refractivity contribution in [3.63, 3.8) is 0 Å². The second-order valence-corrected chi connectivity index (χ2v) is 6.15. The SMILES string of the molecule is C=C(C)C[C@H](c1ccccc1I)N1CCNCC1. The van der Waals surface area contributed by atoms with Crippen LogP contribution in [0, 0.1) is 3.57 Å². The van der Waals surface area contributed by atoms with Crippen LogP contribution < -0.4 is 5.32 Å². The topological polar surface area (TPSA) is 15.3 Å². The third kappa shape index (κ3) is 3.56. The smallest absolute Gasteiger partial charge is 0.0396 e. The molecular weight excluding hydrogens is 335 g/mol. The van der Waals surface area contributed by atoms with Crippen LogP contribution in [-0.2, 0) is 0 Å². The second kappa shape index (κ2) is 6.68. The maximum Gasteiger partial charge on any atom is 0.0396 e. The van der Waals surface area contributed by atoms with E-state index in [0.29, 0.717) is 6.04 Å². The van der Waals surface area contributed by atoms with Gasteiger partial charge in [-0.2, -0.15) is 0 Å². The molecule has 0 bridgehead atoms. The van der Waals surface area contributed by atoms with Gasteiger partial charge in [-0.1, -0.05) is 23.8 Å². The van der Waals surface area contributed by atoms with Crippen molar-refractivity contribution < 1.29 is 0 Å². The van der Waals surface area contributed by atoms with Crippen LogP contribution in [0.4, 0.5) is 0 Å². The van der Waals surface area contributed by atoms with Crippen LogP contribution in [0.15, 0.2) is 36.4 Å². The highest BCUT2D eigenvalue weighted by atomic mass is 127. The van der Waals surface area contributed by atoms with Gasteiger partial charge in [-0.25, -0.2) is 0 Å². The Labute approximate surface area is 124 Å². The monoisotopic (exact) mass is 356 g/mol. The fourth-order valence-electron chi connectivity index (χ4n) is 2.50. The van der Waals surface area contributed by atoms with Crippen molar-refractivity contribution in [2.24, 2.45) is 0 Å². The predicted octanol–water partition coefficient (Wildman–Crippen LogP) is 3.20. The summed E-state index contributed by atoms with van der Waals surface area (Å²) in [6, 6.07) is 9.20. The minimum Gasteiger partial charge on any atom is -0.314 e. The first-order valence-corrected chi connectivity index (χ1v) is 7.60. The molecule has 1 aromatic carbocycles. The summed E-state index contributed by atoms with van der Waals surface area (Å²) in [5.41, 5.74) is 2.71. The van der Waals surface area contributed by atoms with E-state index in [4.69, 9.17) is 0 Å². The van der Waals surface area contributed by atoms with E-state index >= 15 is 0 Å². The fraction of sp³-hybridized carbons (Fsp3) is 0.467. The van der Waals surface area contributed by atoms with Crippen LogP contribution in [0.2, 0.25) is 0 Å². The standard InChI is InChI=1S/C15H21IN2/c1-12(2)11-15(18-9-7-17-8-10-18)13-5-3-4-6-14(13)16/h3-6,15,17H,1,7-11H2,2H3/t15-/m1/s1. The van der Waals surface area contributed by atoms with Gasteiger partial charge < -0.3 is 5.32 Å². The molecule has 1 N–H and O–H groups in total. The molecule has 2 nitrogen and oxygen atoms in total.